The van der Waals surface area contributed by atoms with Crippen LogP contribution < -0.4 is 0 Å². The van der Waals surface area contributed by atoms with Crippen LogP contribution >= 0.6 is 0 Å². The SMILES string of the molecule is C[C@H]1CCCCN1S(=O)(=O)c1ccc(C(=O)N(C)Cc2ccco2)cc1. The number of benzene rings is 1. The first kappa shape index (κ1) is 18.7. The van der Waals surface area contributed by atoms with Gasteiger partial charge in [-0.1, -0.05) is 6.42 Å². The summed E-state index contributed by atoms with van der Waals surface area (Å²) in [5.41, 5.74) is 0.449. The Kier molecular flexibility index (Phi) is 5.48. The quantitative estimate of drug-likeness (QED) is 0.804. The summed E-state index contributed by atoms with van der Waals surface area (Å²) < 4.78 is 32.5. The van der Waals surface area contributed by atoms with Crippen LogP contribution in [0.5, 0.6) is 0 Å². The molecule has 0 aliphatic carbocycles. The molecule has 2 heterocycles. The van der Waals surface area contributed by atoms with Crippen LogP contribution in [0.3, 0.4) is 0 Å². The van der Waals surface area contributed by atoms with E-state index >= 15 is 0 Å². The number of rotatable bonds is 5. The number of piperidine rings is 1. The van der Waals surface area contributed by atoms with Gasteiger partial charge in [0.15, 0.2) is 0 Å². The molecule has 1 aromatic heterocycles. The number of sulfonamides is 1. The maximum absolute atomic E-state index is 12.8. The third-order valence-corrected chi connectivity index (χ3v) is 6.80. The number of hydrogen-bond donors (Lipinski definition) is 0. The number of carbonyl (C=O) groups is 1. The van der Waals surface area contributed by atoms with Gasteiger partial charge in [-0.2, -0.15) is 4.31 Å². The van der Waals surface area contributed by atoms with Gasteiger partial charge < -0.3 is 9.32 Å². The van der Waals surface area contributed by atoms with Crippen LogP contribution in [0.4, 0.5) is 0 Å². The van der Waals surface area contributed by atoms with E-state index in [-0.39, 0.29) is 16.8 Å². The average Bonchev–Trinajstić information content (AvgIpc) is 3.14. The minimum absolute atomic E-state index is 0.00878. The van der Waals surface area contributed by atoms with Crippen molar-refractivity contribution in [1.29, 1.82) is 0 Å². The molecule has 0 unspecified atom stereocenters. The summed E-state index contributed by atoms with van der Waals surface area (Å²) in [6, 6.07) is 9.77. The summed E-state index contributed by atoms with van der Waals surface area (Å²) in [6.07, 6.45) is 4.39. The predicted molar refractivity (Wildman–Crippen MR) is 98.2 cm³/mol. The fourth-order valence-corrected chi connectivity index (χ4v) is 4.96. The lowest BCUT2D eigenvalue weighted by atomic mass is 10.1. The van der Waals surface area contributed by atoms with Crippen LogP contribution in [-0.2, 0) is 16.6 Å². The standard InChI is InChI=1S/C19H24N2O4S/c1-15-6-3-4-12-21(15)26(23,24)18-10-8-16(9-11-18)19(22)20(2)14-17-7-5-13-25-17/h5,7-11,13,15H,3-4,6,12,14H2,1-2H3/t15-/m0/s1. The molecule has 1 aliphatic rings. The van der Waals surface area contributed by atoms with E-state index in [9.17, 15) is 13.2 Å². The third kappa shape index (κ3) is 3.83. The second-order valence-corrected chi connectivity index (χ2v) is 8.62. The largest absolute Gasteiger partial charge is 0.467 e. The van der Waals surface area contributed by atoms with E-state index in [0.29, 0.717) is 24.4 Å². The molecule has 1 fully saturated rings. The van der Waals surface area contributed by atoms with Crippen molar-refractivity contribution in [3.05, 3.63) is 54.0 Å². The normalized spacial score (nSPS) is 18.6. The molecule has 3 rings (SSSR count). The first-order valence-corrected chi connectivity index (χ1v) is 10.2. The van der Waals surface area contributed by atoms with Gasteiger partial charge in [0, 0.05) is 25.2 Å². The van der Waals surface area contributed by atoms with Crippen LogP contribution in [-0.4, -0.2) is 43.2 Å². The van der Waals surface area contributed by atoms with Crippen molar-refractivity contribution in [1.82, 2.24) is 9.21 Å². The topological polar surface area (TPSA) is 70.8 Å². The van der Waals surface area contributed by atoms with Crippen LogP contribution in [0.1, 0.15) is 42.3 Å². The van der Waals surface area contributed by atoms with E-state index in [0.717, 1.165) is 19.3 Å². The molecule has 0 spiro atoms. The van der Waals surface area contributed by atoms with Crippen molar-refractivity contribution in [3.63, 3.8) is 0 Å². The van der Waals surface area contributed by atoms with Gasteiger partial charge in [0.25, 0.3) is 5.91 Å². The molecule has 1 aliphatic heterocycles. The second kappa shape index (κ2) is 7.63. The smallest absolute Gasteiger partial charge is 0.254 e. The molecule has 7 heteroatoms. The maximum atomic E-state index is 12.8. The summed E-state index contributed by atoms with van der Waals surface area (Å²) in [5, 5.41) is 0. The molecule has 2 aromatic rings. The molecule has 0 N–H and O–H groups in total. The van der Waals surface area contributed by atoms with Crippen LogP contribution in [0.25, 0.3) is 0 Å². The first-order chi connectivity index (χ1) is 12.4. The van der Waals surface area contributed by atoms with E-state index < -0.39 is 10.0 Å². The van der Waals surface area contributed by atoms with E-state index in [2.05, 4.69) is 0 Å². The predicted octanol–water partition coefficient (Wildman–Crippen LogP) is 3.11. The Balaban J connectivity index is 1.74. The Hall–Kier alpha value is -2.12. The zero-order chi connectivity index (χ0) is 18.7. The summed E-state index contributed by atoms with van der Waals surface area (Å²) in [6.45, 7) is 2.85. The Morgan fingerprint density at radius 3 is 2.58 bits per heavy atom. The van der Waals surface area contributed by atoms with Crippen molar-refractivity contribution in [2.45, 2.75) is 43.7 Å². The lowest BCUT2D eigenvalue weighted by molar-refractivity contribution is 0.0775. The van der Waals surface area contributed by atoms with E-state index in [1.165, 1.54) is 17.0 Å². The number of amides is 1. The van der Waals surface area contributed by atoms with Crippen molar-refractivity contribution in [2.24, 2.45) is 0 Å². The van der Waals surface area contributed by atoms with Gasteiger partial charge in [0.05, 0.1) is 17.7 Å². The summed E-state index contributed by atoms with van der Waals surface area (Å²) in [7, 11) is -1.84. The molecule has 26 heavy (non-hydrogen) atoms. The molecule has 1 atom stereocenters. The molecule has 1 saturated heterocycles. The zero-order valence-electron chi connectivity index (χ0n) is 15.1. The van der Waals surface area contributed by atoms with Gasteiger partial charge in [-0.3, -0.25) is 4.79 Å². The van der Waals surface area contributed by atoms with Crippen molar-refractivity contribution < 1.29 is 17.6 Å². The minimum Gasteiger partial charge on any atom is -0.467 e. The number of carbonyl (C=O) groups excluding carboxylic acids is 1. The van der Waals surface area contributed by atoms with E-state index in [1.807, 2.05) is 6.92 Å². The molecule has 6 nitrogen and oxygen atoms in total. The van der Waals surface area contributed by atoms with Gasteiger partial charge in [-0.05, 0) is 56.2 Å². The fraction of sp³-hybridized carbons (Fsp3) is 0.421. The highest BCUT2D eigenvalue weighted by molar-refractivity contribution is 7.89. The zero-order valence-corrected chi connectivity index (χ0v) is 15.9. The van der Waals surface area contributed by atoms with Gasteiger partial charge in [0.1, 0.15) is 5.76 Å². The molecule has 140 valence electrons. The van der Waals surface area contributed by atoms with Gasteiger partial charge >= 0.3 is 0 Å². The van der Waals surface area contributed by atoms with Crippen LogP contribution in [0.2, 0.25) is 0 Å². The lowest BCUT2D eigenvalue weighted by Gasteiger charge is -2.32. The maximum Gasteiger partial charge on any atom is 0.254 e. The van der Waals surface area contributed by atoms with Crippen LogP contribution in [0.15, 0.2) is 52.0 Å². The Morgan fingerprint density at radius 2 is 1.96 bits per heavy atom. The van der Waals surface area contributed by atoms with Crippen molar-refractivity contribution >= 4 is 15.9 Å². The molecule has 1 aromatic carbocycles. The van der Waals surface area contributed by atoms with Gasteiger partial charge in [-0.25, -0.2) is 8.42 Å². The van der Waals surface area contributed by atoms with Crippen molar-refractivity contribution in [3.8, 4) is 0 Å². The van der Waals surface area contributed by atoms with E-state index in [4.69, 9.17) is 4.42 Å². The highest BCUT2D eigenvalue weighted by Gasteiger charge is 2.31. The molecule has 0 saturated carbocycles. The monoisotopic (exact) mass is 376 g/mol. The third-order valence-electron chi connectivity index (χ3n) is 4.77. The fourth-order valence-electron chi connectivity index (χ4n) is 3.26. The average molecular weight is 376 g/mol. The molecular weight excluding hydrogens is 352 g/mol. The van der Waals surface area contributed by atoms with Crippen molar-refractivity contribution in [2.75, 3.05) is 13.6 Å². The number of furan rings is 1. The highest BCUT2D eigenvalue weighted by atomic mass is 32.2. The Labute approximate surface area is 154 Å². The second-order valence-electron chi connectivity index (χ2n) is 6.73. The highest BCUT2D eigenvalue weighted by Crippen LogP contribution is 2.25. The summed E-state index contributed by atoms with van der Waals surface area (Å²) in [5.74, 6) is 0.510. The molecule has 1 amide bonds. The molecule has 0 radical (unpaired) electrons. The summed E-state index contributed by atoms with van der Waals surface area (Å²) in [4.78, 5) is 14.3. The molecular formula is C19H24N2O4S. The van der Waals surface area contributed by atoms with Gasteiger partial charge in [-0.15, -0.1) is 0 Å². The van der Waals surface area contributed by atoms with E-state index in [1.54, 1.807) is 41.9 Å². The minimum atomic E-state index is -3.52. The molecule has 0 bridgehead atoms. The number of nitrogens with zero attached hydrogens (tertiary/aromatic N) is 2. The van der Waals surface area contributed by atoms with Crippen LogP contribution in [0, 0.1) is 0 Å². The first-order valence-electron chi connectivity index (χ1n) is 8.79. The Morgan fingerprint density at radius 1 is 1.23 bits per heavy atom. The Bertz CT molecular complexity index is 844. The lowest BCUT2D eigenvalue weighted by Crippen LogP contribution is -2.41. The number of hydrogen-bond acceptors (Lipinski definition) is 4. The van der Waals surface area contributed by atoms with Gasteiger partial charge in [0.2, 0.25) is 10.0 Å². The summed E-state index contributed by atoms with van der Waals surface area (Å²) >= 11 is 0.